The van der Waals surface area contributed by atoms with E-state index in [0.29, 0.717) is 22.8 Å². The first-order valence-electron chi connectivity index (χ1n) is 7.46. The second-order valence-corrected chi connectivity index (χ2v) is 6.36. The molecule has 126 valence electrons. The number of carbonyl (C=O) groups is 4. The van der Waals surface area contributed by atoms with Gasteiger partial charge in [-0.3, -0.25) is 19.2 Å². The summed E-state index contributed by atoms with van der Waals surface area (Å²) in [7, 11) is 2.58. The standard InChI is InChI=1S/C17H15ClO6/c1-23-11-4-3-10(18)8-5-7-6-9(17(22)24-2)14(19)16(21)12(7)15(20)13(8)11/h3-4,7,9,12H,5-6H2,1-2H3. The van der Waals surface area contributed by atoms with Gasteiger partial charge in [0.1, 0.15) is 11.7 Å². The van der Waals surface area contributed by atoms with Gasteiger partial charge in [0.15, 0.2) is 5.78 Å². The van der Waals surface area contributed by atoms with E-state index in [1.807, 2.05) is 0 Å². The molecule has 0 radical (unpaired) electrons. The van der Waals surface area contributed by atoms with Gasteiger partial charge in [-0.05, 0) is 36.5 Å². The number of benzene rings is 1. The Labute approximate surface area is 143 Å². The lowest BCUT2D eigenvalue weighted by Crippen LogP contribution is -2.50. The van der Waals surface area contributed by atoms with Gasteiger partial charge in [-0.2, -0.15) is 0 Å². The first-order valence-corrected chi connectivity index (χ1v) is 7.84. The largest absolute Gasteiger partial charge is 0.496 e. The molecule has 24 heavy (non-hydrogen) atoms. The number of carbonyl (C=O) groups excluding carboxylic acids is 4. The SMILES string of the molecule is COC(=O)C1CC2Cc3c(Cl)ccc(OC)c3C(=O)C2C(=O)C1=O. The summed E-state index contributed by atoms with van der Waals surface area (Å²) in [4.78, 5) is 49.3. The molecule has 0 aromatic heterocycles. The summed E-state index contributed by atoms with van der Waals surface area (Å²) >= 11 is 6.21. The van der Waals surface area contributed by atoms with Crippen LogP contribution in [-0.4, -0.2) is 37.5 Å². The van der Waals surface area contributed by atoms with E-state index in [4.69, 9.17) is 16.3 Å². The average Bonchev–Trinajstić information content (AvgIpc) is 2.58. The Morgan fingerprint density at radius 2 is 1.83 bits per heavy atom. The van der Waals surface area contributed by atoms with Crippen LogP contribution in [0.2, 0.25) is 5.02 Å². The number of halogens is 1. The van der Waals surface area contributed by atoms with Crippen molar-refractivity contribution in [2.75, 3.05) is 14.2 Å². The molecule has 1 aromatic rings. The van der Waals surface area contributed by atoms with E-state index in [9.17, 15) is 19.2 Å². The van der Waals surface area contributed by atoms with Crippen molar-refractivity contribution in [2.24, 2.45) is 17.8 Å². The highest BCUT2D eigenvalue weighted by Crippen LogP contribution is 2.44. The summed E-state index contributed by atoms with van der Waals surface area (Å²) in [6.45, 7) is 0. The molecule has 1 saturated carbocycles. The second-order valence-electron chi connectivity index (χ2n) is 5.95. The molecule has 0 N–H and O–H groups in total. The third-order valence-corrected chi connectivity index (χ3v) is 5.12. The number of esters is 1. The Kier molecular flexibility index (Phi) is 4.17. The highest BCUT2D eigenvalue weighted by molar-refractivity contribution is 6.46. The molecule has 0 aliphatic heterocycles. The molecule has 2 aliphatic rings. The van der Waals surface area contributed by atoms with Gasteiger partial charge in [-0.15, -0.1) is 0 Å². The van der Waals surface area contributed by atoms with Crippen molar-refractivity contribution >= 4 is 34.9 Å². The normalized spacial score (nSPS) is 25.8. The summed E-state index contributed by atoms with van der Waals surface area (Å²) in [5.41, 5.74) is 0.844. The quantitative estimate of drug-likeness (QED) is 0.458. The number of fused-ring (bicyclic) bond motifs is 2. The Bertz CT molecular complexity index is 769. The first-order chi connectivity index (χ1) is 11.4. The van der Waals surface area contributed by atoms with E-state index in [-0.39, 0.29) is 12.0 Å². The number of hydrogen-bond donors (Lipinski definition) is 0. The van der Waals surface area contributed by atoms with Crippen molar-refractivity contribution in [3.05, 3.63) is 28.3 Å². The van der Waals surface area contributed by atoms with Crippen molar-refractivity contribution < 1.29 is 28.7 Å². The highest BCUT2D eigenvalue weighted by Gasteiger charge is 2.52. The maximum absolute atomic E-state index is 12.9. The lowest BCUT2D eigenvalue weighted by Gasteiger charge is -2.36. The first kappa shape index (κ1) is 16.6. The molecule has 3 unspecified atom stereocenters. The topological polar surface area (TPSA) is 86.7 Å². The van der Waals surface area contributed by atoms with Gasteiger partial charge in [-0.25, -0.2) is 0 Å². The molecule has 1 aromatic carbocycles. The minimum absolute atomic E-state index is 0.0978. The van der Waals surface area contributed by atoms with Crippen LogP contribution in [-0.2, 0) is 25.5 Å². The Morgan fingerprint density at radius 1 is 1.12 bits per heavy atom. The zero-order valence-corrected chi connectivity index (χ0v) is 13.9. The minimum atomic E-state index is -1.15. The van der Waals surface area contributed by atoms with Crippen LogP contribution in [0, 0.1) is 17.8 Å². The van der Waals surface area contributed by atoms with Crippen LogP contribution in [0.25, 0.3) is 0 Å². The Hall–Kier alpha value is -2.21. The van der Waals surface area contributed by atoms with E-state index < -0.39 is 41.1 Å². The van der Waals surface area contributed by atoms with Crippen LogP contribution in [0.5, 0.6) is 5.75 Å². The van der Waals surface area contributed by atoms with E-state index >= 15 is 0 Å². The number of rotatable bonds is 2. The van der Waals surface area contributed by atoms with Crippen molar-refractivity contribution in [1.29, 1.82) is 0 Å². The zero-order chi connectivity index (χ0) is 17.6. The van der Waals surface area contributed by atoms with Gasteiger partial charge in [0.2, 0.25) is 11.6 Å². The lowest BCUT2D eigenvalue weighted by molar-refractivity contribution is -0.157. The summed E-state index contributed by atoms with van der Waals surface area (Å²) < 4.78 is 9.81. The molecule has 0 saturated heterocycles. The average molecular weight is 351 g/mol. The van der Waals surface area contributed by atoms with Crippen molar-refractivity contribution in [2.45, 2.75) is 12.8 Å². The van der Waals surface area contributed by atoms with Crippen LogP contribution >= 0.6 is 11.6 Å². The fraction of sp³-hybridized carbons (Fsp3) is 0.412. The van der Waals surface area contributed by atoms with Gasteiger partial charge >= 0.3 is 5.97 Å². The number of hydrogen-bond acceptors (Lipinski definition) is 6. The van der Waals surface area contributed by atoms with Gasteiger partial charge in [0.25, 0.3) is 0 Å². The van der Waals surface area contributed by atoms with E-state index in [0.717, 1.165) is 7.11 Å². The van der Waals surface area contributed by atoms with E-state index in [2.05, 4.69) is 4.74 Å². The van der Waals surface area contributed by atoms with Crippen molar-refractivity contribution in [1.82, 2.24) is 0 Å². The van der Waals surface area contributed by atoms with Gasteiger partial charge in [0, 0.05) is 5.02 Å². The van der Waals surface area contributed by atoms with Crippen molar-refractivity contribution in [3.63, 3.8) is 0 Å². The monoisotopic (exact) mass is 350 g/mol. The van der Waals surface area contributed by atoms with Gasteiger partial charge < -0.3 is 9.47 Å². The molecule has 7 heteroatoms. The second kappa shape index (κ2) is 6.02. The summed E-state index contributed by atoms with van der Waals surface area (Å²) in [5.74, 6) is -5.28. The summed E-state index contributed by atoms with van der Waals surface area (Å²) in [6, 6.07) is 3.19. The predicted molar refractivity (Wildman–Crippen MR) is 83.2 cm³/mol. The molecule has 1 fully saturated rings. The van der Waals surface area contributed by atoms with Gasteiger partial charge in [-0.1, -0.05) is 11.6 Å². The molecule has 3 atom stereocenters. The minimum Gasteiger partial charge on any atom is -0.496 e. The third-order valence-electron chi connectivity index (χ3n) is 4.77. The van der Waals surface area contributed by atoms with Crippen LogP contribution in [0.15, 0.2) is 12.1 Å². The number of Topliss-reactive ketones (excluding diaryl/α,β-unsaturated/α-hetero) is 3. The molecular weight excluding hydrogens is 336 g/mol. The predicted octanol–water partition coefficient (Wildman–Crippen LogP) is 1.65. The van der Waals surface area contributed by atoms with Crippen molar-refractivity contribution in [3.8, 4) is 5.75 Å². The summed E-state index contributed by atoms with van der Waals surface area (Å²) in [6.07, 6.45) is 0.426. The number of ketones is 3. The fourth-order valence-electron chi connectivity index (χ4n) is 3.62. The third kappa shape index (κ3) is 2.33. The molecule has 3 rings (SSSR count). The maximum atomic E-state index is 12.9. The van der Waals surface area contributed by atoms with E-state index in [1.165, 1.54) is 7.11 Å². The fourth-order valence-corrected chi connectivity index (χ4v) is 3.86. The highest BCUT2D eigenvalue weighted by atomic mass is 35.5. The van der Waals surface area contributed by atoms with Gasteiger partial charge in [0.05, 0.1) is 25.7 Å². The molecule has 0 heterocycles. The number of methoxy groups -OCH3 is 2. The Morgan fingerprint density at radius 3 is 2.46 bits per heavy atom. The maximum Gasteiger partial charge on any atom is 0.316 e. The van der Waals surface area contributed by atoms with Crippen LogP contribution in [0.4, 0.5) is 0 Å². The smallest absolute Gasteiger partial charge is 0.316 e. The van der Waals surface area contributed by atoms with Crippen LogP contribution < -0.4 is 4.74 Å². The molecule has 0 amide bonds. The molecule has 0 bridgehead atoms. The molecule has 2 aliphatic carbocycles. The van der Waals surface area contributed by atoms with Crippen LogP contribution in [0.1, 0.15) is 22.3 Å². The molecule has 0 spiro atoms. The molecular formula is C17H15ClO6. The van der Waals surface area contributed by atoms with Crippen LogP contribution in [0.3, 0.4) is 0 Å². The zero-order valence-electron chi connectivity index (χ0n) is 13.1. The summed E-state index contributed by atoms with van der Waals surface area (Å²) in [5, 5.41) is 0.400. The number of ether oxygens (including phenoxy) is 2. The Balaban J connectivity index is 2.08. The lowest BCUT2D eigenvalue weighted by atomic mass is 9.64. The van der Waals surface area contributed by atoms with E-state index in [1.54, 1.807) is 12.1 Å². The molecule has 6 nitrogen and oxygen atoms in total.